The van der Waals surface area contributed by atoms with Gasteiger partial charge in [0.15, 0.2) is 0 Å². The molecule has 0 aliphatic rings. The van der Waals surface area contributed by atoms with Gasteiger partial charge in [-0.15, -0.1) is 0 Å². The minimum absolute atomic E-state index is 0.0459. The number of hydrogen-bond acceptors (Lipinski definition) is 3. The highest BCUT2D eigenvalue weighted by Crippen LogP contribution is 2.19. The van der Waals surface area contributed by atoms with Crippen LogP contribution >= 0.6 is 0 Å². The third kappa shape index (κ3) is 2.92. The van der Waals surface area contributed by atoms with E-state index in [1.807, 2.05) is 18.2 Å². The van der Waals surface area contributed by atoms with Crippen LogP contribution in [0.1, 0.15) is 11.1 Å². The number of aryl methyl sites for hydroxylation is 1. The van der Waals surface area contributed by atoms with Gasteiger partial charge in [0.1, 0.15) is 5.75 Å². The van der Waals surface area contributed by atoms with Gasteiger partial charge in [-0.2, -0.15) is 0 Å². The summed E-state index contributed by atoms with van der Waals surface area (Å²) in [5.41, 5.74) is 7.11. The molecule has 0 aliphatic heterocycles. The second kappa shape index (κ2) is 6.13. The van der Waals surface area contributed by atoms with Gasteiger partial charge in [0, 0.05) is 19.4 Å². The van der Waals surface area contributed by atoms with E-state index >= 15 is 0 Å². The molecule has 0 fully saturated rings. The minimum Gasteiger partial charge on any atom is -0.495 e. The summed E-state index contributed by atoms with van der Waals surface area (Å²) in [6, 6.07) is 5.69. The molecule has 1 heterocycles. The molecule has 5 nitrogen and oxygen atoms in total. The molecule has 0 saturated carbocycles. The number of nitrogens with two attached hydrogens (primary N) is 1. The Balaban J connectivity index is 2.33. The lowest BCUT2D eigenvalue weighted by atomic mass is 10.1. The van der Waals surface area contributed by atoms with E-state index in [9.17, 15) is 4.79 Å². The fourth-order valence-electron chi connectivity index (χ4n) is 1.93. The molecule has 104 valence electrons. The van der Waals surface area contributed by atoms with Crippen molar-refractivity contribution >= 4 is 0 Å². The Morgan fingerprint density at radius 3 is 2.75 bits per heavy atom. The maximum atomic E-state index is 11.8. The summed E-state index contributed by atoms with van der Waals surface area (Å²) in [6.45, 7) is 0.798. The summed E-state index contributed by atoms with van der Waals surface area (Å²) < 4.78 is 8.44. The Morgan fingerprint density at radius 2 is 2.15 bits per heavy atom. The predicted molar refractivity (Wildman–Crippen MR) is 77.7 cm³/mol. The zero-order chi connectivity index (χ0) is 14.5. The second-order valence-corrected chi connectivity index (χ2v) is 4.36. The maximum Gasteiger partial charge on any atom is 0.328 e. The number of ether oxygens (including phenoxy) is 1. The molecule has 0 spiro atoms. The predicted octanol–water partition coefficient (Wildman–Crippen LogP) is 0.554. The third-order valence-electron chi connectivity index (χ3n) is 2.96. The van der Waals surface area contributed by atoms with Crippen molar-refractivity contribution in [3.63, 3.8) is 0 Å². The van der Waals surface area contributed by atoms with Gasteiger partial charge < -0.3 is 15.0 Å². The number of rotatable bonds is 3. The van der Waals surface area contributed by atoms with E-state index in [-0.39, 0.29) is 5.69 Å². The lowest BCUT2D eigenvalue weighted by Gasteiger charge is -2.07. The van der Waals surface area contributed by atoms with Gasteiger partial charge in [-0.3, -0.25) is 4.57 Å². The molecule has 0 amide bonds. The third-order valence-corrected chi connectivity index (χ3v) is 2.96. The summed E-state index contributed by atoms with van der Waals surface area (Å²) in [7, 11) is 3.33. The van der Waals surface area contributed by atoms with Crippen molar-refractivity contribution in [2.45, 2.75) is 6.54 Å². The number of aromatic nitrogens is 2. The van der Waals surface area contributed by atoms with Gasteiger partial charge >= 0.3 is 5.69 Å². The van der Waals surface area contributed by atoms with Gasteiger partial charge in [-0.1, -0.05) is 17.9 Å². The Morgan fingerprint density at radius 1 is 1.35 bits per heavy atom. The molecule has 2 aromatic rings. The number of hydrogen-bond donors (Lipinski definition) is 1. The fraction of sp³-hybridized carbons (Fsp3) is 0.267. The van der Waals surface area contributed by atoms with Crippen molar-refractivity contribution < 1.29 is 4.74 Å². The SMILES string of the molecule is COc1ccc(Cn2ccn(C)c2=O)cc1C#CCN. The lowest BCUT2D eigenvalue weighted by molar-refractivity contribution is 0.413. The van der Waals surface area contributed by atoms with Crippen LogP contribution in [0.5, 0.6) is 5.75 Å². The molecule has 20 heavy (non-hydrogen) atoms. The minimum atomic E-state index is -0.0459. The molecule has 0 radical (unpaired) electrons. The van der Waals surface area contributed by atoms with Crippen LogP contribution in [-0.2, 0) is 13.6 Å². The average molecular weight is 271 g/mol. The Labute approximate surface area is 117 Å². The van der Waals surface area contributed by atoms with Crippen LogP contribution < -0.4 is 16.2 Å². The van der Waals surface area contributed by atoms with Gasteiger partial charge in [0.2, 0.25) is 0 Å². The van der Waals surface area contributed by atoms with Crippen LogP contribution in [0.25, 0.3) is 0 Å². The van der Waals surface area contributed by atoms with Crippen molar-refractivity contribution in [2.24, 2.45) is 12.8 Å². The quantitative estimate of drug-likeness (QED) is 0.829. The molecule has 2 rings (SSSR count). The zero-order valence-electron chi connectivity index (χ0n) is 11.6. The Bertz CT molecular complexity index is 717. The summed E-state index contributed by atoms with van der Waals surface area (Å²) >= 11 is 0. The first-order valence-electron chi connectivity index (χ1n) is 6.23. The van der Waals surface area contributed by atoms with Crippen molar-refractivity contribution in [3.8, 4) is 17.6 Å². The maximum absolute atomic E-state index is 11.8. The highest BCUT2D eigenvalue weighted by atomic mass is 16.5. The molecule has 0 aliphatic carbocycles. The first-order chi connectivity index (χ1) is 9.65. The van der Waals surface area contributed by atoms with E-state index in [0.717, 1.165) is 11.1 Å². The number of methoxy groups -OCH3 is 1. The molecular formula is C15H17N3O2. The molecule has 1 aromatic carbocycles. The molecule has 1 aromatic heterocycles. The van der Waals surface area contributed by atoms with Crippen LogP contribution in [0.15, 0.2) is 35.4 Å². The first-order valence-corrected chi connectivity index (χ1v) is 6.23. The van der Waals surface area contributed by atoms with E-state index < -0.39 is 0 Å². The van der Waals surface area contributed by atoms with Crippen LogP contribution in [-0.4, -0.2) is 22.8 Å². The summed E-state index contributed by atoms with van der Waals surface area (Å²) in [4.78, 5) is 11.8. The second-order valence-electron chi connectivity index (χ2n) is 4.36. The first kappa shape index (κ1) is 14.0. The summed E-state index contributed by atoms with van der Waals surface area (Å²) in [5.74, 6) is 6.49. The Kier molecular flexibility index (Phi) is 4.28. The van der Waals surface area contributed by atoms with Gasteiger partial charge in [0.25, 0.3) is 0 Å². The van der Waals surface area contributed by atoms with E-state index in [4.69, 9.17) is 10.5 Å². The normalized spacial score (nSPS) is 9.95. The number of imidazole rings is 1. The van der Waals surface area contributed by atoms with E-state index in [1.54, 1.807) is 35.7 Å². The largest absolute Gasteiger partial charge is 0.495 e. The van der Waals surface area contributed by atoms with Crippen LogP contribution in [0.4, 0.5) is 0 Å². The van der Waals surface area contributed by atoms with Gasteiger partial charge in [-0.25, -0.2) is 4.79 Å². The van der Waals surface area contributed by atoms with Crippen LogP contribution in [0.2, 0.25) is 0 Å². The molecule has 5 heteroatoms. The average Bonchev–Trinajstić information content (AvgIpc) is 2.77. The van der Waals surface area contributed by atoms with Crippen molar-refractivity contribution in [2.75, 3.05) is 13.7 Å². The van der Waals surface area contributed by atoms with Crippen molar-refractivity contribution in [1.82, 2.24) is 9.13 Å². The highest BCUT2D eigenvalue weighted by Gasteiger charge is 2.05. The van der Waals surface area contributed by atoms with E-state index in [1.165, 1.54) is 0 Å². The molecule has 0 bridgehead atoms. The van der Waals surface area contributed by atoms with Crippen LogP contribution in [0, 0.1) is 11.8 Å². The monoisotopic (exact) mass is 271 g/mol. The summed E-state index contributed by atoms with van der Waals surface area (Å²) in [5, 5.41) is 0. The van der Waals surface area contributed by atoms with Gasteiger partial charge in [0.05, 0.1) is 25.8 Å². The highest BCUT2D eigenvalue weighted by molar-refractivity contribution is 5.48. The molecule has 0 saturated heterocycles. The molecule has 0 atom stereocenters. The molecule has 0 unspecified atom stereocenters. The summed E-state index contributed by atoms with van der Waals surface area (Å²) in [6.07, 6.45) is 3.50. The lowest BCUT2D eigenvalue weighted by Crippen LogP contribution is -2.22. The van der Waals surface area contributed by atoms with E-state index in [2.05, 4.69) is 11.8 Å². The van der Waals surface area contributed by atoms with Gasteiger partial charge in [-0.05, 0) is 17.7 Å². The fourth-order valence-corrected chi connectivity index (χ4v) is 1.93. The number of benzene rings is 1. The van der Waals surface area contributed by atoms with Crippen molar-refractivity contribution in [3.05, 3.63) is 52.2 Å². The standard InChI is InChI=1S/C15H17N3O2/c1-17-8-9-18(15(17)19)11-12-5-6-14(20-2)13(10-12)4-3-7-16/h5-6,8-10H,7,11,16H2,1-2H3. The molecule has 2 N–H and O–H groups in total. The number of nitrogens with zero attached hydrogens (tertiary/aromatic N) is 2. The molecular weight excluding hydrogens is 254 g/mol. The van der Waals surface area contributed by atoms with E-state index in [0.29, 0.717) is 18.8 Å². The van der Waals surface area contributed by atoms with Crippen LogP contribution in [0.3, 0.4) is 0 Å². The zero-order valence-corrected chi connectivity index (χ0v) is 11.6. The topological polar surface area (TPSA) is 62.2 Å². The van der Waals surface area contributed by atoms with Crippen molar-refractivity contribution in [1.29, 1.82) is 0 Å². The smallest absolute Gasteiger partial charge is 0.328 e. The Hall–Kier alpha value is -2.45.